The van der Waals surface area contributed by atoms with Crippen LogP contribution in [0.2, 0.25) is 0 Å². The molecule has 20 heavy (non-hydrogen) atoms. The summed E-state index contributed by atoms with van der Waals surface area (Å²) in [4.78, 5) is 12.8. The maximum absolute atomic E-state index is 12.8. The van der Waals surface area contributed by atoms with Gasteiger partial charge in [-0.1, -0.05) is 23.8 Å². The Morgan fingerprint density at radius 3 is 2.25 bits per heavy atom. The van der Waals surface area contributed by atoms with Crippen molar-refractivity contribution in [1.29, 1.82) is 0 Å². The summed E-state index contributed by atoms with van der Waals surface area (Å²) in [5, 5.41) is 0. The second-order valence-corrected chi connectivity index (χ2v) is 5.03. The predicted molar refractivity (Wildman–Crippen MR) is 81.5 cm³/mol. The van der Waals surface area contributed by atoms with Gasteiger partial charge in [0.2, 0.25) is 0 Å². The Kier molecular flexibility index (Phi) is 3.79. The van der Waals surface area contributed by atoms with Crippen LogP contribution in [0.15, 0.2) is 30.3 Å². The second-order valence-electron chi connectivity index (χ2n) is 5.03. The predicted octanol–water partition coefficient (Wildman–Crippen LogP) is 3.43. The van der Waals surface area contributed by atoms with Crippen molar-refractivity contribution in [3.8, 4) is 5.75 Å². The molecule has 0 fully saturated rings. The number of carbonyl (C=O) groups is 1. The Balaban J connectivity index is 2.61. The number of ketones is 1. The molecule has 0 aliphatic heterocycles. The maximum Gasteiger partial charge on any atom is 0.197 e. The molecule has 0 radical (unpaired) electrons. The van der Waals surface area contributed by atoms with E-state index in [0.717, 1.165) is 22.3 Å². The van der Waals surface area contributed by atoms with Crippen LogP contribution in [0.4, 0.5) is 5.69 Å². The molecule has 0 spiro atoms. The number of methoxy groups -OCH3 is 1. The van der Waals surface area contributed by atoms with Crippen LogP contribution in [0.5, 0.6) is 5.75 Å². The second kappa shape index (κ2) is 5.37. The molecule has 0 aliphatic carbocycles. The third-order valence-electron chi connectivity index (χ3n) is 3.40. The lowest BCUT2D eigenvalue weighted by molar-refractivity contribution is 0.103. The lowest BCUT2D eigenvalue weighted by Gasteiger charge is -2.14. The number of benzene rings is 2. The van der Waals surface area contributed by atoms with E-state index in [4.69, 9.17) is 10.5 Å². The molecule has 0 heterocycles. The third kappa shape index (κ3) is 2.39. The lowest BCUT2D eigenvalue weighted by atomic mass is 9.92. The van der Waals surface area contributed by atoms with Crippen molar-refractivity contribution in [2.24, 2.45) is 0 Å². The number of hydrogen-bond acceptors (Lipinski definition) is 3. The van der Waals surface area contributed by atoms with E-state index in [1.54, 1.807) is 18.2 Å². The molecule has 0 unspecified atom stereocenters. The monoisotopic (exact) mass is 269 g/mol. The van der Waals surface area contributed by atoms with Crippen LogP contribution in [-0.4, -0.2) is 12.9 Å². The molecule has 2 rings (SSSR count). The average Bonchev–Trinajstić information content (AvgIpc) is 2.37. The molecule has 0 bridgehead atoms. The normalized spacial score (nSPS) is 10.4. The van der Waals surface area contributed by atoms with E-state index in [0.29, 0.717) is 17.0 Å². The van der Waals surface area contributed by atoms with Gasteiger partial charge >= 0.3 is 0 Å². The van der Waals surface area contributed by atoms with Gasteiger partial charge in [-0.15, -0.1) is 0 Å². The minimum absolute atomic E-state index is 0.0517. The summed E-state index contributed by atoms with van der Waals surface area (Å²) in [6.07, 6.45) is 0. The highest BCUT2D eigenvalue weighted by molar-refractivity contribution is 6.13. The van der Waals surface area contributed by atoms with Crippen molar-refractivity contribution in [2.75, 3.05) is 12.8 Å². The van der Waals surface area contributed by atoms with Crippen molar-refractivity contribution >= 4 is 11.5 Å². The topological polar surface area (TPSA) is 52.3 Å². The van der Waals surface area contributed by atoms with Crippen molar-refractivity contribution in [1.82, 2.24) is 0 Å². The van der Waals surface area contributed by atoms with Gasteiger partial charge in [0, 0.05) is 5.56 Å². The zero-order chi connectivity index (χ0) is 14.9. The smallest absolute Gasteiger partial charge is 0.197 e. The molecule has 3 heteroatoms. The van der Waals surface area contributed by atoms with Crippen molar-refractivity contribution in [3.63, 3.8) is 0 Å². The zero-order valence-electron chi connectivity index (χ0n) is 12.3. The van der Waals surface area contributed by atoms with Gasteiger partial charge < -0.3 is 10.5 Å². The lowest BCUT2D eigenvalue weighted by Crippen LogP contribution is -2.09. The van der Waals surface area contributed by atoms with Crippen LogP contribution < -0.4 is 10.5 Å². The minimum Gasteiger partial charge on any atom is -0.494 e. The maximum atomic E-state index is 12.8. The fraction of sp³-hybridized carbons (Fsp3) is 0.235. The number of para-hydroxylation sites is 1. The van der Waals surface area contributed by atoms with Crippen LogP contribution >= 0.6 is 0 Å². The molecule has 104 valence electrons. The van der Waals surface area contributed by atoms with E-state index < -0.39 is 0 Å². The summed E-state index contributed by atoms with van der Waals surface area (Å²) in [7, 11) is 1.53. The molecule has 0 saturated carbocycles. The number of nitrogens with two attached hydrogens (primary N) is 1. The Morgan fingerprint density at radius 1 is 1.10 bits per heavy atom. The number of rotatable bonds is 3. The molecule has 0 atom stereocenters. The van der Waals surface area contributed by atoms with Crippen molar-refractivity contribution in [3.05, 3.63) is 58.1 Å². The molecule has 0 amide bonds. The summed E-state index contributed by atoms with van der Waals surface area (Å²) in [6.45, 7) is 5.92. The Morgan fingerprint density at radius 2 is 1.70 bits per heavy atom. The van der Waals surface area contributed by atoms with Gasteiger partial charge in [0.1, 0.15) is 0 Å². The van der Waals surface area contributed by atoms with Gasteiger partial charge in [-0.05, 0) is 44.0 Å². The van der Waals surface area contributed by atoms with Crippen LogP contribution in [0, 0.1) is 20.8 Å². The summed E-state index contributed by atoms with van der Waals surface area (Å²) in [5.74, 6) is 0.390. The van der Waals surface area contributed by atoms with E-state index in [1.807, 2.05) is 32.9 Å². The fourth-order valence-electron chi connectivity index (χ4n) is 2.63. The number of carbonyl (C=O) groups excluding carboxylic acids is 1. The van der Waals surface area contributed by atoms with Crippen molar-refractivity contribution in [2.45, 2.75) is 20.8 Å². The first-order chi connectivity index (χ1) is 9.45. The number of aryl methyl sites for hydroxylation is 3. The van der Waals surface area contributed by atoms with E-state index in [2.05, 4.69) is 0 Å². The highest BCUT2D eigenvalue weighted by atomic mass is 16.5. The zero-order valence-corrected chi connectivity index (χ0v) is 12.3. The standard InChI is InChI=1S/C17H19NO2/c1-10-8-11(2)15(12(3)9-10)16(19)13-6-5-7-14(18)17(13)20-4/h5-9H,18H2,1-4H3. The highest BCUT2D eigenvalue weighted by Gasteiger charge is 2.19. The van der Waals surface area contributed by atoms with Gasteiger partial charge in [0.05, 0.1) is 18.4 Å². The Hall–Kier alpha value is -2.29. The molecule has 0 saturated heterocycles. The summed E-state index contributed by atoms with van der Waals surface area (Å²) < 4.78 is 5.28. The van der Waals surface area contributed by atoms with Gasteiger partial charge in [-0.3, -0.25) is 4.79 Å². The molecular weight excluding hydrogens is 250 g/mol. The Labute approximate surface area is 119 Å². The van der Waals surface area contributed by atoms with E-state index in [9.17, 15) is 4.79 Å². The number of ether oxygens (including phenoxy) is 1. The average molecular weight is 269 g/mol. The molecule has 2 aromatic rings. The largest absolute Gasteiger partial charge is 0.494 e. The molecular formula is C17H19NO2. The van der Waals surface area contributed by atoms with Gasteiger partial charge in [0.25, 0.3) is 0 Å². The van der Waals surface area contributed by atoms with Crippen LogP contribution in [-0.2, 0) is 0 Å². The van der Waals surface area contributed by atoms with Gasteiger partial charge in [-0.2, -0.15) is 0 Å². The number of anilines is 1. The summed E-state index contributed by atoms with van der Waals surface area (Å²) in [6, 6.07) is 9.27. The molecule has 3 nitrogen and oxygen atoms in total. The molecule has 0 aliphatic rings. The molecule has 2 N–H and O–H groups in total. The van der Waals surface area contributed by atoms with Crippen LogP contribution in [0.25, 0.3) is 0 Å². The fourth-order valence-corrected chi connectivity index (χ4v) is 2.63. The number of hydrogen-bond donors (Lipinski definition) is 1. The minimum atomic E-state index is -0.0517. The first-order valence-corrected chi connectivity index (χ1v) is 6.50. The first-order valence-electron chi connectivity index (χ1n) is 6.50. The summed E-state index contributed by atoms with van der Waals surface area (Å²) in [5.41, 5.74) is 10.7. The van der Waals surface area contributed by atoms with E-state index in [1.165, 1.54) is 7.11 Å². The van der Waals surface area contributed by atoms with E-state index >= 15 is 0 Å². The third-order valence-corrected chi connectivity index (χ3v) is 3.40. The highest BCUT2D eigenvalue weighted by Crippen LogP contribution is 2.30. The van der Waals surface area contributed by atoms with Crippen molar-refractivity contribution < 1.29 is 9.53 Å². The molecule has 2 aromatic carbocycles. The van der Waals surface area contributed by atoms with Crippen LogP contribution in [0.1, 0.15) is 32.6 Å². The quantitative estimate of drug-likeness (QED) is 0.686. The Bertz CT molecular complexity index is 652. The van der Waals surface area contributed by atoms with E-state index in [-0.39, 0.29) is 5.78 Å². The summed E-state index contributed by atoms with van der Waals surface area (Å²) >= 11 is 0. The first kappa shape index (κ1) is 14.1. The number of nitrogen functional groups attached to an aromatic ring is 1. The van der Waals surface area contributed by atoms with Gasteiger partial charge in [0.15, 0.2) is 11.5 Å². The molecule has 0 aromatic heterocycles. The van der Waals surface area contributed by atoms with Gasteiger partial charge in [-0.25, -0.2) is 0 Å². The SMILES string of the molecule is COc1c(N)cccc1C(=O)c1c(C)cc(C)cc1C. The van der Waals surface area contributed by atoms with Crippen LogP contribution in [0.3, 0.4) is 0 Å².